The van der Waals surface area contributed by atoms with E-state index in [2.05, 4.69) is 15.9 Å². The highest BCUT2D eigenvalue weighted by molar-refractivity contribution is 9.10. The largest absolute Gasteiger partial charge is 0.344 e. The number of rotatable bonds is 4. The summed E-state index contributed by atoms with van der Waals surface area (Å²) in [6, 6.07) is 10.00. The average molecular weight is 316 g/mol. The normalized spacial score (nSPS) is 27.9. The van der Waals surface area contributed by atoms with E-state index >= 15 is 0 Å². The lowest BCUT2D eigenvalue weighted by molar-refractivity contribution is -0.556. The molecule has 0 spiro atoms. The maximum Gasteiger partial charge on any atom is 0.320 e. The van der Waals surface area contributed by atoms with Gasteiger partial charge in [0, 0.05) is 27.3 Å². The van der Waals surface area contributed by atoms with Gasteiger partial charge in [-0.15, -0.1) is 0 Å². The molecule has 0 bridgehead atoms. The monoisotopic (exact) mass is 315 g/mol. The molecule has 0 saturated carbocycles. The molecule has 1 aromatic rings. The lowest BCUT2D eigenvalue weighted by Crippen LogP contribution is -2.48. The number of halogens is 1. The molecule has 2 rings (SSSR count). The number of aryl methyl sites for hydroxylation is 1. The fourth-order valence-corrected chi connectivity index (χ4v) is 2.00. The molecule has 5 nitrogen and oxygen atoms in total. The van der Waals surface area contributed by atoms with Crippen LogP contribution in [0.2, 0.25) is 0 Å². The molecule has 0 unspecified atom stereocenters. The zero-order valence-corrected chi connectivity index (χ0v) is 11.3. The SMILES string of the molecule is O=[N+]([O-])C1(Br)COC(CCc2ccccc2)OC1. The summed E-state index contributed by atoms with van der Waals surface area (Å²) in [6.07, 6.45) is 1.17. The quantitative estimate of drug-likeness (QED) is 0.370. The molecule has 1 saturated heterocycles. The maximum atomic E-state index is 10.8. The van der Waals surface area contributed by atoms with Crippen molar-refractivity contribution in [3.63, 3.8) is 0 Å². The second-order valence-electron chi connectivity index (χ2n) is 4.25. The Morgan fingerprint density at radius 2 is 1.94 bits per heavy atom. The zero-order chi connectivity index (χ0) is 13.0. The third kappa shape index (κ3) is 3.28. The van der Waals surface area contributed by atoms with E-state index in [1.165, 1.54) is 5.56 Å². The van der Waals surface area contributed by atoms with Gasteiger partial charge in [-0.3, -0.25) is 10.1 Å². The third-order valence-corrected chi connectivity index (χ3v) is 3.57. The summed E-state index contributed by atoms with van der Waals surface area (Å²) in [4.78, 5) is 10.3. The van der Waals surface area contributed by atoms with Gasteiger partial charge in [-0.25, -0.2) is 0 Å². The van der Waals surface area contributed by atoms with E-state index < -0.39 is 9.37 Å². The van der Waals surface area contributed by atoms with Crippen molar-refractivity contribution in [1.82, 2.24) is 0 Å². The van der Waals surface area contributed by atoms with Gasteiger partial charge in [0.2, 0.25) is 0 Å². The molecule has 98 valence electrons. The van der Waals surface area contributed by atoms with Crippen molar-refractivity contribution in [2.75, 3.05) is 13.2 Å². The molecule has 0 radical (unpaired) electrons. The van der Waals surface area contributed by atoms with Crippen molar-refractivity contribution in [3.05, 3.63) is 46.0 Å². The van der Waals surface area contributed by atoms with Crippen LogP contribution in [0.4, 0.5) is 0 Å². The number of hydrogen-bond acceptors (Lipinski definition) is 4. The van der Waals surface area contributed by atoms with Crippen LogP contribution < -0.4 is 0 Å². The van der Waals surface area contributed by atoms with Crippen LogP contribution in [0.3, 0.4) is 0 Å². The number of nitrogens with zero attached hydrogens (tertiary/aromatic N) is 1. The fourth-order valence-electron chi connectivity index (χ4n) is 1.73. The van der Waals surface area contributed by atoms with Crippen molar-refractivity contribution < 1.29 is 14.4 Å². The highest BCUT2D eigenvalue weighted by Gasteiger charge is 2.45. The average Bonchev–Trinajstić information content (AvgIpc) is 2.39. The number of nitro groups is 1. The molecule has 0 N–H and O–H groups in total. The number of alkyl halides is 1. The number of ether oxygens (including phenoxy) is 2. The van der Waals surface area contributed by atoms with Gasteiger partial charge in [-0.2, -0.15) is 0 Å². The first kappa shape index (κ1) is 13.5. The van der Waals surface area contributed by atoms with Crippen molar-refractivity contribution in [1.29, 1.82) is 0 Å². The van der Waals surface area contributed by atoms with E-state index in [4.69, 9.17) is 9.47 Å². The van der Waals surface area contributed by atoms with Crippen LogP contribution >= 0.6 is 15.9 Å². The summed E-state index contributed by atoms with van der Waals surface area (Å²) in [5.41, 5.74) is 1.20. The molecular formula is C12H14BrNO4. The van der Waals surface area contributed by atoms with E-state index in [0.717, 1.165) is 6.42 Å². The topological polar surface area (TPSA) is 61.6 Å². The van der Waals surface area contributed by atoms with Gasteiger partial charge in [0.05, 0.1) is 0 Å². The Kier molecular flexibility index (Phi) is 4.31. The summed E-state index contributed by atoms with van der Waals surface area (Å²) in [7, 11) is 0. The lowest BCUT2D eigenvalue weighted by Gasteiger charge is -2.29. The first-order valence-electron chi connectivity index (χ1n) is 5.71. The second kappa shape index (κ2) is 5.77. The predicted molar refractivity (Wildman–Crippen MR) is 69.1 cm³/mol. The van der Waals surface area contributed by atoms with Crippen molar-refractivity contribution in [2.24, 2.45) is 0 Å². The molecule has 1 fully saturated rings. The van der Waals surface area contributed by atoms with Crippen LogP contribution in [0.5, 0.6) is 0 Å². The van der Waals surface area contributed by atoms with Gasteiger partial charge < -0.3 is 9.47 Å². The first-order chi connectivity index (χ1) is 8.60. The molecule has 0 atom stereocenters. The molecule has 0 aliphatic carbocycles. The second-order valence-corrected chi connectivity index (χ2v) is 5.73. The summed E-state index contributed by atoms with van der Waals surface area (Å²) in [6.45, 7) is 0.0545. The predicted octanol–water partition coefficient (Wildman–Crippen LogP) is 2.36. The van der Waals surface area contributed by atoms with E-state index in [0.29, 0.717) is 6.42 Å². The highest BCUT2D eigenvalue weighted by Crippen LogP contribution is 2.26. The Balaban J connectivity index is 1.79. The lowest BCUT2D eigenvalue weighted by atomic mass is 10.1. The molecule has 1 aliphatic rings. The molecular weight excluding hydrogens is 302 g/mol. The van der Waals surface area contributed by atoms with Crippen LogP contribution in [-0.4, -0.2) is 28.9 Å². The Morgan fingerprint density at radius 3 is 2.50 bits per heavy atom. The molecule has 18 heavy (non-hydrogen) atoms. The van der Waals surface area contributed by atoms with Crippen LogP contribution in [0.15, 0.2) is 30.3 Å². The van der Waals surface area contributed by atoms with E-state index in [1.54, 1.807) is 0 Å². The van der Waals surface area contributed by atoms with Gasteiger partial charge in [0.1, 0.15) is 13.2 Å². The highest BCUT2D eigenvalue weighted by atomic mass is 79.9. The molecule has 1 heterocycles. The smallest absolute Gasteiger partial charge is 0.320 e. The van der Waals surface area contributed by atoms with Gasteiger partial charge in [0.25, 0.3) is 0 Å². The van der Waals surface area contributed by atoms with Crippen LogP contribution in [0.25, 0.3) is 0 Å². The minimum absolute atomic E-state index is 0.0272. The Bertz CT molecular complexity index is 404. The summed E-state index contributed by atoms with van der Waals surface area (Å²) in [5.74, 6) is 0. The van der Waals surface area contributed by atoms with E-state index in [1.807, 2.05) is 30.3 Å². The van der Waals surface area contributed by atoms with Crippen molar-refractivity contribution >= 4 is 15.9 Å². The minimum Gasteiger partial charge on any atom is -0.344 e. The number of benzene rings is 1. The van der Waals surface area contributed by atoms with Gasteiger partial charge in [-0.05, 0) is 12.0 Å². The Labute approximate surface area is 113 Å². The van der Waals surface area contributed by atoms with Crippen LogP contribution in [-0.2, 0) is 15.9 Å². The van der Waals surface area contributed by atoms with Crippen molar-refractivity contribution in [3.8, 4) is 0 Å². The number of hydrogen-bond donors (Lipinski definition) is 0. The van der Waals surface area contributed by atoms with Crippen molar-refractivity contribution in [2.45, 2.75) is 23.6 Å². The first-order valence-corrected chi connectivity index (χ1v) is 6.50. The Hall–Kier alpha value is -0.980. The van der Waals surface area contributed by atoms with Crippen LogP contribution in [0, 0.1) is 10.1 Å². The van der Waals surface area contributed by atoms with E-state index in [9.17, 15) is 10.1 Å². The van der Waals surface area contributed by atoms with Gasteiger partial charge >= 0.3 is 4.45 Å². The molecule has 6 heteroatoms. The minimum atomic E-state index is -1.30. The van der Waals surface area contributed by atoms with E-state index in [-0.39, 0.29) is 19.5 Å². The zero-order valence-electron chi connectivity index (χ0n) is 9.75. The molecule has 0 amide bonds. The maximum absolute atomic E-state index is 10.8. The summed E-state index contributed by atoms with van der Waals surface area (Å²) in [5, 5.41) is 10.8. The molecule has 0 aromatic heterocycles. The summed E-state index contributed by atoms with van der Waals surface area (Å²) >= 11 is 3.03. The van der Waals surface area contributed by atoms with Gasteiger partial charge in [0.15, 0.2) is 6.29 Å². The molecule has 1 aromatic carbocycles. The van der Waals surface area contributed by atoms with Gasteiger partial charge in [-0.1, -0.05) is 30.3 Å². The molecule has 1 aliphatic heterocycles. The Morgan fingerprint density at radius 1 is 1.33 bits per heavy atom. The third-order valence-electron chi connectivity index (χ3n) is 2.82. The fraction of sp³-hybridized carbons (Fsp3) is 0.500. The van der Waals surface area contributed by atoms with Crippen LogP contribution in [0.1, 0.15) is 12.0 Å². The standard InChI is InChI=1S/C12H14BrNO4/c13-12(14(15)16)8-17-11(18-9-12)7-6-10-4-2-1-3-5-10/h1-5,11H,6-9H2. The summed E-state index contributed by atoms with van der Waals surface area (Å²) < 4.78 is 9.44.